The molecule has 0 spiro atoms. The van der Waals surface area contributed by atoms with Gasteiger partial charge in [0.05, 0.1) is 5.56 Å². The second-order valence-electron chi connectivity index (χ2n) is 4.47. The van der Waals surface area contributed by atoms with E-state index in [1.54, 1.807) is 17.4 Å². The highest BCUT2D eigenvalue weighted by molar-refractivity contribution is 7.17. The van der Waals surface area contributed by atoms with Gasteiger partial charge in [-0.15, -0.1) is 11.3 Å². The maximum absolute atomic E-state index is 11.5. The monoisotopic (exact) mass is 300 g/mol. The van der Waals surface area contributed by atoms with E-state index in [0.29, 0.717) is 5.69 Å². The van der Waals surface area contributed by atoms with E-state index in [2.05, 4.69) is 10.3 Å². The molecule has 3 aromatic rings. The van der Waals surface area contributed by atoms with Gasteiger partial charge in [-0.1, -0.05) is 18.2 Å². The molecule has 106 valence electrons. The van der Waals surface area contributed by atoms with Crippen molar-refractivity contribution in [3.05, 3.63) is 41.3 Å². The highest BCUT2D eigenvalue weighted by atomic mass is 32.1. The van der Waals surface area contributed by atoms with E-state index in [9.17, 15) is 9.59 Å². The van der Waals surface area contributed by atoms with Crippen molar-refractivity contribution in [2.24, 2.45) is 11.5 Å². The van der Waals surface area contributed by atoms with Crippen molar-refractivity contribution in [1.82, 2.24) is 4.98 Å². The number of nitrogens with two attached hydrogens (primary N) is 2. The molecule has 0 radical (unpaired) electrons. The van der Waals surface area contributed by atoms with Gasteiger partial charge >= 0.3 is 6.03 Å². The van der Waals surface area contributed by atoms with Gasteiger partial charge in [-0.3, -0.25) is 10.1 Å². The lowest BCUT2D eigenvalue weighted by Gasteiger charge is -2.00. The third-order valence-corrected chi connectivity index (χ3v) is 4.07. The van der Waals surface area contributed by atoms with E-state index in [1.807, 2.05) is 29.6 Å². The zero-order valence-electron chi connectivity index (χ0n) is 10.8. The van der Waals surface area contributed by atoms with Crippen LogP contribution in [0.2, 0.25) is 0 Å². The summed E-state index contributed by atoms with van der Waals surface area (Å²) in [4.78, 5) is 25.4. The Morgan fingerprint density at radius 3 is 2.67 bits per heavy atom. The first-order chi connectivity index (χ1) is 10.1. The van der Waals surface area contributed by atoms with Crippen LogP contribution >= 0.6 is 11.3 Å². The summed E-state index contributed by atoms with van der Waals surface area (Å²) >= 11 is 1.60. The van der Waals surface area contributed by atoms with Crippen LogP contribution in [0, 0.1) is 0 Å². The summed E-state index contributed by atoms with van der Waals surface area (Å²) in [7, 11) is 0. The van der Waals surface area contributed by atoms with Crippen LogP contribution in [-0.2, 0) is 0 Å². The van der Waals surface area contributed by atoms with Crippen molar-refractivity contribution >= 4 is 39.2 Å². The topological polar surface area (TPSA) is 114 Å². The number of urea groups is 1. The molecular weight excluding hydrogens is 288 g/mol. The molecule has 0 aliphatic rings. The van der Waals surface area contributed by atoms with Crippen LogP contribution in [0.1, 0.15) is 10.4 Å². The summed E-state index contributed by atoms with van der Waals surface area (Å²) in [6.45, 7) is 0. The SMILES string of the molecule is NC(=O)Nc1[nH]c(-c2csc3ccccc23)cc1C(N)=O. The molecule has 0 aliphatic carbocycles. The van der Waals surface area contributed by atoms with E-state index < -0.39 is 11.9 Å². The molecule has 1 aromatic carbocycles. The van der Waals surface area contributed by atoms with Crippen LogP contribution in [0.25, 0.3) is 21.3 Å². The Morgan fingerprint density at radius 2 is 1.95 bits per heavy atom. The van der Waals surface area contributed by atoms with Gasteiger partial charge in [0.25, 0.3) is 5.91 Å². The molecule has 6 nitrogen and oxygen atoms in total. The van der Waals surface area contributed by atoms with Gasteiger partial charge in [-0.2, -0.15) is 0 Å². The zero-order valence-corrected chi connectivity index (χ0v) is 11.7. The average molecular weight is 300 g/mol. The quantitative estimate of drug-likeness (QED) is 0.595. The number of carbonyl (C=O) groups excluding carboxylic acids is 2. The van der Waals surface area contributed by atoms with Crippen LogP contribution < -0.4 is 16.8 Å². The number of anilines is 1. The van der Waals surface area contributed by atoms with E-state index in [1.165, 1.54) is 0 Å². The lowest BCUT2D eigenvalue weighted by molar-refractivity contribution is 0.100. The van der Waals surface area contributed by atoms with Crippen molar-refractivity contribution in [1.29, 1.82) is 0 Å². The molecule has 0 aliphatic heterocycles. The van der Waals surface area contributed by atoms with E-state index >= 15 is 0 Å². The summed E-state index contributed by atoms with van der Waals surface area (Å²) in [5.74, 6) is -0.430. The largest absolute Gasteiger partial charge is 0.365 e. The Hall–Kier alpha value is -2.80. The number of aromatic nitrogens is 1. The summed E-state index contributed by atoms with van der Waals surface area (Å²) in [5.41, 5.74) is 12.2. The fourth-order valence-corrected chi connectivity index (χ4v) is 3.16. The molecule has 7 heteroatoms. The minimum Gasteiger partial charge on any atom is -0.365 e. The minimum atomic E-state index is -0.763. The average Bonchev–Trinajstić information content (AvgIpc) is 3.01. The second-order valence-corrected chi connectivity index (χ2v) is 5.38. The molecule has 0 bridgehead atoms. The maximum atomic E-state index is 11.5. The lowest BCUT2D eigenvalue weighted by Crippen LogP contribution is -2.22. The van der Waals surface area contributed by atoms with Crippen molar-refractivity contribution in [2.75, 3.05) is 5.32 Å². The van der Waals surface area contributed by atoms with Crippen molar-refractivity contribution in [2.45, 2.75) is 0 Å². The Kier molecular flexibility index (Phi) is 3.11. The predicted octanol–water partition coefficient (Wildman–Crippen LogP) is 2.49. The summed E-state index contributed by atoms with van der Waals surface area (Å²) in [6.07, 6.45) is 0. The van der Waals surface area contributed by atoms with Gasteiger partial charge in [0.1, 0.15) is 5.82 Å². The van der Waals surface area contributed by atoms with E-state index in [4.69, 9.17) is 11.5 Å². The fraction of sp³-hybridized carbons (Fsp3) is 0. The Morgan fingerprint density at radius 1 is 1.19 bits per heavy atom. The highest BCUT2D eigenvalue weighted by Gasteiger charge is 2.16. The second kappa shape index (κ2) is 4.95. The van der Waals surface area contributed by atoms with Gasteiger partial charge in [0.2, 0.25) is 0 Å². The molecule has 0 saturated heterocycles. The molecule has 0 fully saturated rings. The smallest absolute Gasteiger partial charge is 0.317 e. The number of benzene rings is 1. The Bertz CT molecular complexity index is 850. The first-order valence-electron chi connectivity index (χ1n) is 6.12. The number of carbonyl (C=O) groups is 2. The van der Waals surface area contributed by atoms with E-state index in [-0.39, 0.29) is 11.4 Å². The van der Waals surface area contributed by atoms with Crippen LogP contribution in [-0.4, -0.2) is 16.9 Å². The standard InChI is InChI=1S/C14H12N4O2S/c15-12(19)8-5-10(17-13(8)18-14(16)20)9-6-21-11-4-2-1-3-7(9)11/h1-6,17H,(H2,15,19)(H3,16,18,20). The molecule has 3 amide bonds. The van der Waals surface area contributed by atoms with Crippen molar-refractivity contribution in [3.8, 4) is 11.3 Å². The number of thiophene rings is 1. The number of primary amides is 2. The number of nitrogens with one attached hydrogen (secondary N) is 2. The maximum Gasteiger partial charge on any atom is 0.317 e. The van der Waals surface area contributed by atoms with Crippen LogP contribution in [0.4, 0.5) is 10.6 Å². The van der Waals surface area contributed by atoms with Crippen molar-refractivity contribution < 1.29 is 9.59 Å². The van der Waals surface area contributed by atoms with Gasteiger partial charge in [0.15, 0.2) is 0 Å². The van der Waals surface area contributed by atoms with E-state index in [0.717, 1.165) is 15.6 Å². The highest BCUT2D eigenvalue weighted by Crippen LogP contribution is 2.35. The number of hydrogen-bond acceptors (Lipinski definition) is 3. The normalized spacial score (nSPS) is 10.7. The number of fused-ring (bicyclic) bond motifs is 1. The van der Waals surface area contributed by atoms with Crippen LogP contribution in [0.3, 0.4) is 0 Å². The molecule has 21 heavy (non-hydrogen) atoms. The predicted molar refractivity (Wildman–Crippen MR) is 83.3 cm³/mol. The lowest BCUT2D eigenvalue weighted by atomic mass is 10.1. The first-order valence-corrected chi connectivity index (χ1v) is 7.00. The molecule has 6 N–H and O–H groups in total. The number of rotatable bonds is 3. The number of amides is 3. The minimum absolute atomic E-state index is 0.194. The molecule has 0 unspecified atom stereocenters. The third kappa shape index (κ3) is 2.34. The van der Waals surface area contributed by atoms with Gasteiger partial charge < -0.3 is 16.5 Å². The number of aromatic amines is 1. The summed E-state index contributed by atoms with van der Waals surface area (Å²) in [6, 6.07) is 8.77. The molecule has 2 heterocycles. The fourth-order valence-electron chi connectivity index (χ4n) is 2.20. The Balaban J connectivity index is 2.14. The van der Waals surface area contributed by atoms with Gasteiger partial charge in [-0.05, 0) is 12.1 Å². The molecule has 2 aromatic heterocycles. The number of H-pyrrole nitrogens is 1. The van der Waals surface area contributed by atoms with Gasteiger partial charge in [0, 0.05) is 26.7 Å². The Labute approximate surface area is 123 Å². The summed E-state index contributed by atoms with van der Waals surface area (Å²) in [5, 5.41) is 5.41. The third-order valence-electron chi connectivity index (χ3n) is 3.10. The number of hydrogen-bond donors (Lipinski definition) is 4. The zero-order chi connectivity index (χ0) is 15.0. The molecule has 0 atom stereocenters. The molecule has 0 saturated carbocycles. The van der Waals surface area contributed by atoms with Gasteiger partial charge in [-0.25, -0.2) is 4.79 Å². The van der Waals surface area contributed by atoms with Crippen molar-refractivity contribution in [3.63, 3.8) is 0 Å². The summed E-state index contributed by atoms with van der Waals surface area (Å²) < 4.78 is 1.13. The molecule has 3 rings (SSSR count). The van der Waals surface area contributed by atoms with Crippen LogP contribution in [0.5, 0.6) is 0 Å². The molecular formula is C14H12N4O2S. The van der Waals surface area contributed by atoms with Crippen LogP contribution in [0.15, 0.2) is 35.7 Å². The first kappa shape index (κ1) is 13.2.